The molecule has 1 aromatic carbocycles. The molecule has 0 saturated carbocycles. The molecule has 1 saturated heterocycles. The van der Waals surface area contributed by atoms with Crippen molar-refractivity contribution in [1.82, 2.24) is 4.90 Å². The summed E-state index contributed by atoms with van der Waals surface area (Å²) in [5.74, 6) is -0.224. The third-order valence-electron chi connectivity index (χ3n) is 3.27. The summed E-state index contributed by atoms with van der Waals surface area (Å²) >= 11 is 0. The van der Waals surface area contributed by atoms with Gasteiger partial charge in [-0.3, -0.25) is 9.69 Å². The number of carbonyl (C=O) groups is 1. The van der Waals surface area contributed by atoms with Crippen molar-refractivity contribution in [3.05, 3.63) is 35.9 Å². The quantitative estimate of drug-likeness (QED) is 0.760. The smallest absolute Gasteiger partial charge is 0.325 e. The van der Waals surface area contributed by atoms with Crippen LogP contribution in [0.25, 0.3) is 0 Å². The molecule has 1 aromatic rings. The number of carbonyl (C=O) groups excluding carboxylic acids is 1. The second-order valence-corrected chi connectivity index (χ2v) is 4.50. The normalized spacial score (nSPS) is 24.8. The van der Waals surface area contributed by atoms with Crippen molar-refractivity contribution in [2.75, 3.05) is 20.3 Å². The molecule has 98 valence electrons. The zero-order chi connectivity index (χ0) is 13.0. The molecule has 0 spiro atoms. The van der Waals surface area contributed by atoms with Gasteiger partial charge in [-0.15, -0.1) is 0 Å². The molecule has 1 heterocycles. The highest BCUT2D eigenvalue weighted by Gasteiger charge is 2.35. The molecule has 4 nitrogen and oxygen atoms in total. The van der Waals surface area contributed by atoms with E-state index in [0.717, 1.165) is 13.1 Å². The molecule has 1 aliphatic heterocycles. The number of esters is 1. The summed E-state index contributed by atoms with van der Waals surface area (Å²) in [7, 11) is 1.42. The van der Waals surface area contributed by atoms with Crippen LogP contribution in [0, 0.1) is 0 Å². The van der Waals surface area contributed by atoms with Crippen LogP contribution in [-0.2, 0) is 20.8 Å². The molecule has 0 aliphatic carbocycles. The summed E-state index contributed by atoms with van der Waals surface area (Å²) in [5.41, 5.74) is 1.19. The molecule has 0 amide bonds. The van der Waals surface area contributed by atoms with E-state index in [2.05, 4.69) is 17.0 Å². The first-order valence-electron chi connectivity index (χ1n) is 6.20. The maximum atomic E-state index is 11.8. The van der Waals surface area contributed by atoms with E-state index in [4.69, 9.17) is 9.47 Å². The number of rotatable bonds is 3. The SMILES string of the molecule is COC(=O)[C@H]1[C@@H](C)OCCN1Cc1ccccc1. The van der Waals surface area contributed by atoms with Crippen LogP contribution in [0.1, 0.15) is 12.5 Å². The summed E-state index contributed by atoms with van der Waals surface area (Å²) in [6.07, 6.45) is -0.130. The van der Waals surface area contributed by atoms with Crippen LogP contribution in [0.15, 0.2) is 30.3 Å². The van der Waals surface area contributed by atoms with Gasteiger partial charge in [0.05, 0.1) is 19.8 Å². The van der Waals surface area contributed by atoms with Gasteiger partial charge in [-0.05, 0) is 12.5 Å². The van der Waals surface area contributed by atoms with E-state index in [1.54, 1.807) is 0 Å². The maximum absolute atomic E-state index is 11.8. The number of methoxy groups -OCH3 is 1. The first-order chi connectivity index (χ1) is 8.72. The van der Waals surface area contributed by atoms with Gasteiger partial charge in [-0.2, -0.15) is 0 Å². The van der Waals surface area contributed by atoms with Gasteiger partial charge in [-0.1, -0.05) is 30.3 Å². The minimum atomic E-state index is -0.316. The molecule has 1 fully saturated rings. The van der Waals surface area contributed by atoms with Gasteiger partial charge in [0.2, 0.25) is 0 Å². The summed E-state index contributed by atoms with van der Waals surface area (Å²) in [5, 5.41) is 0. The largest absolute Gasteiger partial charge is 0.468 e. The fourth-order valence-electron chi connectivity index (χ4n) is 2.34. The van der Waals surface area contributed by atoms with Crippen LogP contribution >= 0.6 is 0 Å². The van der Waals surface area contributed by atoms with Crippen LogP contribution in [0.2, 0.25) is 0 Å². The Morgan fingerprint density at radius 3 is 2.83 bits per heavy atom. The Bertz CT molecular complexity index is 393. The zero-order valence-corrected chi connectivity index (χ0v) is 10.8. The fraction of sp³-hybridized carbons (Fsp3) is 0.500. The van der Waals surface area contributed by atoms with Crippen LogP contribution in [0.5, 0.6) is 0 Å². The van der Waals surface area contributed by atoms with Crippen molar-refractivity contribution >= 4 is 5.97 Å². The predicted octanol–water partition coefficient (Wildman–Crippen LogP) is 1.45. The average Bonchev–Trinajstić information content (AvgIpc) is 2.39. The molecule has 2 atom stereocenters. The van der Waals surface area contributed by atoms with Crippen molar-refractivity contribution in [2.24, 2.45) is 0 Å². The number of nitrogens with zero attached hydrogens (tertiary/aromatic N) is 1. The molecule has 0 radical (unpaired) electrons. The Labute approximate surface area is 107 Å². The topological polar surface area (TPSA) is 38.8 Å². The van der Waals surface area contributed by atoms with E-state index in [-0.39, 0.29) is 18.1 Å². The van der Waals surface area contributed by atoms with Gasteiger partial charge >= 0.3 is 5.97 Å². The minimum absolute atomic E-state index is 0.130. The Kier molecular flexibility index (Phi) is 4.33. The first kappa shape index (κ1) is 13.1. The van der Waals surface area contributed by atoms with E-state index >= 15 is 0 Å². The highest BCUT2D eigenvalue weighted by atomic mass is 16.5. The Hall–Kier alpha value is -1.39. The van der Waals surface area contributed by atoms with Crippen LogP contribution < -0.4 is 0 Å². The lowest BCUT2D eigenvalue weighted by atomic mass is 10.1. The van der Waals surface area contributed by atoms with Gasteiger partial charge in [0.25, 0.3) is 0 Å². The van der Waals surface area contributed by atoms with Crippen molar-refractivity contribution in [1.29, 1.82) is 0 Å². The zero-order valence-electron chi connectivity index (χ0n) is 10.8. The molecule has 0 aromatic heterocycles. The molecule has 0 unspecified atom stereocenters. The van der Waals surface area contributed by atoms with E-state index in [1.165, 1.54) is 12.7 Å². The van der Waals surface area contributed by atoms with Crippen LogP contribution in [0.4, 0.5) is 0 Å². The van der Waals surface area contributed by atoms with Crippen LogP contribution in [-0.4, -0.2) is 43.3 Å². The second kappa shape index (κ2) is 5.98. The summed E-state index contributed by atoms with van der Waals surface area (Å²) in [6, 6.07) is 9.81. The minimum Gasteiger partial charge on any atom is -0.468 e. The second-order valence-electron chi connectivity index (χ2n) is 4.50. The third kappa shape index (κ3) is 2.89. The van der Waals surface area contributed by atoms with Gasteiger partial charge in [-0.25, -0.2) is 0 Å². The molecule has 1 aliphatic rings. The van der Waals surface area contributed by atoms with E-state index in [9.17, 15) is 4.79 Å². The maximum Gasteiger partial charge on any atom is 0.325 e. The summed E-state index contributed by atoms with van der Waals surface area (Å²) in [4.78, 5) is 14.0. The molecule has 4 heteroatoms. The lowest BCUT2D eigenvalue weighted by molar-refractivity contribution is -0.160. The summed E-state index contributed by atoms with van der Waals surface area (Å²) < 4.78 is 10.4. The molecule has 0 bridgehead atoms. The Morgan fingerprint density at radius 2 is 2.17 bits per heavy atom. The molecular weight excluding hydrogens is 230 g/mol. The fourth-order valence-corrected chi connectivity index (χ4v) is 2.34. The van der Waals surface area contributed by atoms with Gasteiger partial charge in [0.1, 0.15) is 6.04 Å². The lowest BCUT2D eigenvalue weighted by Gasteiger charge is -2.37. The number of ether oxygens (including phenoxy) is 2. The number of hydrogen-bond donors (Lipinski definition) is 0. The standard InChI is InChI=1S/C14H19NO3/c1-11-13(14(16)17-2)15(8-9-18-11)10-12-6-4-3-5-7-12/h3-7,11,13H,8-10H2,1-2H3/t11-,13-/m1/s1. The van der Waals surface area contributed by atoms with Crippen molar-refractivity contribution < 1.29 is 14.3 Å². The van der Waals surface area contributed by atoms with Crippen molar-refractivity contribution in [3.8, 4) is 0 Å². The first-order valence-corrected chi connectivity index (χ1v) is 6.20. The number of morpholine rings is 1. The molecule has 2 rings (SSSR count). The van der Waals surface area contributed by atoms with Gasteiger partial charge < -0.3 is 9.47 Å². The molecular formula is C14H19NO3. The highest BCUT2D eigenvalue weighted by Crippen LogP contribution is 2.18. The molecule has 0 N–H and O–H groups in total. The van der Waals surface area contributed by atoms with Crippen molar-refractivity contribution in [3.63, 3.8) is 0 Å². The van der Waals surface area contributed by atoms with E-state index in [0.29, 0.717) is 6.61 Å². The summed E-state index contributed by atoms with van der Waals surface area (Å²) in [6.45, 7) is 4.06. The number of hydrogen-bond acceptors (Lipinski definition) is 4. The van der Waals surface area contributed by atoms with Crippen molar-refractivity contribution in [2.45, 2.75) is 25.6 Å². The van der Waals surface area contributed by atoms with Crippen LogP contribution in [0.3, 0.4) is 0 Å². The van der Waals surface area contributed by atoms with Gasteiger partial charge in [0, 0.05) is 13.1 Å². The predicted molar refractivity (Wildman–Crippen MR) is 68.1 cm³/mol. The Balaban J connectivity index is 2.11. The highest BCUT2D eigenvalue weighted by molar-refractivity contribution is 5.76. The monoisotopic (exact) mass is 249 g/mol. The third-order valence-corrected chi connectivity index (χ3v) is 3.27. The average molecular weight is 249 g/mol. The lowest BCUT2D eigenvalue weighted by Crippen LogP contribution is -2.54. The number of benzene rings is 1. The van der Waals surface area contributed by atoms with Gasteiger partial charge in [0.15, 0.2) is 0 Å². The van der Waals surface area contributed by atoms with E-state index < -0.39 is 0 Å². The van der Waals surface area contributed by atoms with E-state index in [1.807, 2.05) is 25.1 Å². The molecule has 18 heavy (non-hydrogen) atoms. The Morgan fingerprint density at radius 1 is 1.44 bits per heavy atom.